The fraction of sp³-hybridized carbons (Fsp3) is 0.333. The van der Waals surface area contributed by atoms with E-state index in [4.69, 9.17) is 5.73 Å². The van der Waals surface area contributed by atoms with Crippen LogP contribution in [-0.2, 0) is 0 Å². The van der Waals surface area contributed by atoms with E-state index in [1.165, 1.54) is 6.08 Å². The van der Waals surface area contributed by atoms with Crippen LogP contribution in [0, 0.1) is 0 Å². The quantitative estimate of drug-likeness (QED) is 0.673. The lowest BCUT2D eigenvalue weighted by Crippen LogP contribution is -2.14. The van der Waals surface area contributed by atoms with Crippen LogP contribution in [0.5, 0.6) is 0 Å². The summed E-state index contributed by atoms with van der Waals surface area (Å²) in [5, 5.41) is 0. The van der Waals surface area contributed by atoms with Gasteiger partial charge < -0.3 is 5.73 Å². The Labute approximate surface area is 74.4 Å². The first-order chi connectivity index (χ1) is 6.04. The van der Waals surface area contributed by atoms with Gasteiger partial charge in [0.15, 0.2) is 0 Å². The smallest absolute Gasteiger partial charge is 0.327 e. The van der Waals surface area contributed by atoms with Gasteiger partial charge >= 0.3 is 6.18 Å². The van der Waals surface area contributed by atoms with Crippen LogP contribution in [0.3, 0.4) is 0 Å². The van der Waals surface area contributed by atoms with Gasteiger partial charge in [-0.3, -0.25) is 0 Å². The third kappa shape index (κ3) is 2.73. The van der Waals surface area contributed by atoms with Gasteiger partial charge in [-0.15, -0.1) is 0 Å². The zero-order valence-electron chi connectivity index (χ0n) is 6.93. The van der Waals surface area contributed by atoms with E-state index in [1.54, 1.807) is 12.2 Å². The zero-order valence-corrected chi connectivity index (χ0v) is 6.93. The maximum Gasteiger partial charge on any atom is 0.413 e. The molecular weight excluding hydrogens is 179 g/mol. The van der Waals surface area contributed by atoms with Gasteiger partial charge in [-0.2, -0.15) is 13.2 Å². The molecule has 0 unspecified atom stereocenters. The third-order valence-corrected chi connectivity index (χ3v) is 1.78. The molecule has 0 spiro atoms. The van der Waals surface area contributed by atoms with Crippen LogP contribution >= 0.6 is 0 Å². The topological polar surface area (TPSA) is 26.0 Å². The Hall–Kier alpha value is -1.03. The van der Waals surface area contributed by atoms with Crippen LogP contribution in [0.15, 0.2) is 35.5 Å². The highest BCUT2D eigenvalue weighted by Gasteiger charge is 2.33. The van der Waals surface area contributed by atoms with Crippen molar-refractivity contribution in [1.82, 2.24) is 0 Å². The minimum atomic E-state index is -4.25. The molecule has 0 bridgehead atoms. The van der Waals surface area contributed by atoms with E-state index < -0.39 is 11.7 Å². The summed E-state index contributed by atoms with van der Waals surface area (Å²) in [6.07, 6.45) is 1.30. The van der Waals surface area contributed by atoms with Crippen molar-refractivity contribution < 1.29 is 13.2 Å². The number of hydrogen-bond donors (Lipinski definition) is 1. The highest BCUT2D eigenvalue weighted by Crippen LogP contribution is 2.31. The second-order valence-corrected chi connectivity index (χ2v) is 2.78. The maximum absolute atomic E-state index is 12.3. The first kappa shape index (κ1) is 10.1. The van der Waals surface area contributed by atoms with Gasteiger partial charge in [0.2, 0.25) is 0 Å². The third-order valence-electron chi connectivity index (χ3n) is 1.78. The van der Waals surface area contributed by atoms with Crippen molar-refractivity contribution in [2.75, 3.05) is 6.54 Å². The number of rotatable bonds is 1. The molecule has 0 radical (unpaired) electrons. The summed E-state index contributed by atoms with van der Waals surface area (Å²) in [5.41, 5.74) is 5.33. The van der Waals surface area contributed by atoms with E-state index in [1.807, 2.05) is 0 Å². The molecule has 1 aliphatic carbocycles. The Morgan fingerprint density at radius 2 is 1.85 bits per heavy atom. The van der Waals surface area contributed by atoms with Gasteiger partial charge in [-0.1, -0.05) is 29.9 Å². The molecule has 0 saturated heterocycles. The Bertz CT molecular complexity index is 271. The van der Waals surface area contributed by atoms with Crippen LogP contribution < -0.4 is 5.73 Å². The highest BCUT2D eigenvalue weighted by molar-refractivity contribution is 5.31. The summed E-state index contributed by atoms with van der Waals surface area (Å²) in [7, 11) is 0. The number of alkyl halides is 3. The van der Waals surface area contributed by atoms with Crippen LogP contribution in [0.2, 0.25) is 0 Å². The molecule has 1 rings (SSSR count). The molecule has 0 saturated carbocycles. The number of allylic oxidation sites excluding steroid dienone is 5. The van der Waals surface area contributed by atoms with Crippen molar-refractivity contribution in [2.45, 2.75) is 12.6 Å². The van der Waals surface area contributed by atoms with E-state index in [2.05, 4.69) is 0 Å². The molecule has 4 heteroatoms. The summed E-state index contributed by atoms with van der Waals surface area (Å²) in [4.78, 5) is 0. The average Bonchev–Trinajstić information content (AvgIpc) is 2.27. The van der Waals surface area contributed by atoms with Gasteiger partial charge in [-0.25, -0.2) is 0 Å². The Morgan fingerprint density at radius 3 is 2.38 bits per heavy atom. The molecule has 1 nitrogen and oxygen atoms in total. The average molecular weight is 189 g/mol. The SMILES string of the molecule is NCC1=CC=CC=C(C(F)(F)F)C1. The van der Waals surface area contributed by atoms with Crippen LogP contribution in [-0.4, -0.2) is 12.7 Å². The highest BCUT2D eigenvalue weighted by atomic mass is 19.4. The van der Waals surface area contributed by atoms with Crippen LogP contribution in [0.4, 0.5) is 13.2 Å². The Balaban J connectivity index is 2.85. The minimum absolute atomic E-state index is 0.104. The van der Waals surface area contributed by atoms with E-state index in [-0.39, 0.29) is 13.0 Å². The monoisotopic (exact) mass is 189 g/mol. The zero-order chi connectivity index (χ0) is 9.90. The molecule has 1 aliphatic rings. The summed E-state index contributed by atoms with van der Waals surface area (Å²) in [6, 6.07) is 0. The lowest BCUT2D eigenvalue weighted by Gasteiger charge is -2.11. The van der Waals surface area contributed by atoms with Gasteiger partial charge in [-0.05, 0) is 6.42 Å². The van der Waals surface area contributed by atoms with E-state index in [9.17, 15) is 13.2 Å². The van der Waals surface area contributed by atoms with Gasteiger partial charge in [0.25, 0.3) is 0 Å². The standard InChI is InChI=1S/C9H10F3N/c10-9(11,12)8-4-2-1-3-7(5-8)6-13/h1-4H,5-6,13H2. The normalized spacial score (nSPS) is 17.8. The van der Waals surface area contributed by atoms with Crippen molar-refractivity contribution in [3.63, 3.8) is 0 Å². The largest absolute Gasteiger partial charge is 0.413 e. The summed E-state index contributed by atoms with van der Waals surface area (Å²) >= 11 is 0. The molecular formula is C9H10F3N. The molecule has 0 fully saturated rings. The lowest BCUT2D eigenvalue weighted by molar-refractivity contribution is -0.0931. The molecule has 0 aromatic carbocycles. The van der Waals surface area contributed by atoms with Crippen molar-refractivity contribution >= 4 is 0 Å². The van der Waals surface area contributed by atoms with E-state index in [0.717, 1.165) is 6.08 Å². The van der Waals surface area contributed by atoms with E-state index >= 15 is 0 Å². The summed E-state index contributed by atoms with van der Waals surface area (Å²) in [5.74, 6) is 0. The maximum atomic E-state index is 12.3. The fourth-order valence-electron chi connectivity index (χ4n) is 1.06. The van der Waals surface area contributed by atoms with Gasteiger partial charge in [0.05, 0.1) is 0 Å². The number of nitrogens with two attached hydrogens (primary N) is 1. The minimum Gasteiger partial charge on any atom is -0.327 e. The number of hydrogen-bond acceptors (Lipinski definition) is 1. The van der Waals surface area contributed by atoms with Crippen molar-refractivity contribution in [3.8, 4) is 0 Å². The van der Waals surface area contributed by atoms with Crippen molar-refractivity contribution in [2.24, 2.45) is 5.73 Å². The van der Waals surface area contributed by atoms with Crippen molar-refractivity contribution in [3.05, 3.63) is 35.5 Å². The number of halogens is 3. The Morgan fingerprint density at radius 1 is 1.23 bits per heavy atom. The lowest BCUT2D eigenvalue weighted by atomic mass is 10.1. The molecule has 0 aromatic heterocycles. The van der Waals surface area contributed by atoms with Crippen LogP contribution in [0.25, 0.3) is 0 Å². The predicted octanol–water partition coefficient (Wildman–Crippen LogP) is 2.32. The van der Waals surface area contributed by atoms with Crippen LogP contribution in [0.1, 0.15) is 6.42 Å². The molecule has 0 atom stereocenters. The molecule has 0 aromatic rings. The molecule has 0 heterocycles. The van der Waals surface area contributed by atoms with Gasteiger partial charge in [0.1, 0.15) is 0 Å². The van der Waals surface area contributed by atoms with Crippen molar-refractivity contribution in [1.29, 1.82) is 0 Å². The molecule has 2 N–H and O–H groups in total. The second kappa shape index (κ2) is 3.79. The second-order valence-electron chi connectivity index (χ2n) is 2.78. The first-order valence-corrected chi connectivity index (χ1v) is 3.86. The summed E-state index contributed by atoms with van der Waals surface area (Å²) in [6.45, 7) is 0.164. The van der Waals surface area contributed by atoms with E-state index in [0.29, 0.717) is 5.57 Å². The molecule has 13 heavy (non-hydrogen) atoms. The summed E-state index contributed by atoms with van der Waals surface area (Å²) < 4.78 is 36.8. The van der Waals surface area contributed by atoms with Gasteiger partial charge in [0, 0.05) is 12.1 Å². The molecule has 0 amide bonds. The Kier molecular flexibility index (Phi) is 2.93. The predicted molar refractivity (Wildman–Crippen MR) is 45.0 cm³/mol. The molecule has 0 aliphatic heterocycles. The fourth-order valence-corrected chi connectivity index (χ4v) is 1.06. The molecule has 72 valence electrons. The first-order valence-electron chi connectivity index (χ1n) is 3.86.